The Labute approximate surface area is 346 Å². The van der Waals surface area contributed by atoms with Gasteiger partial charge in [0.15, 0.2) is 0 Å². The molecule has 0 radical (unpaired) electrons. The minimum absolute atomic E-state index is 0. The Balaban J connectivity index is 0.000000224. The molecule has 8 aromatic rings. The molecule has 53 heavy (non-hydrogen) atoms. The van der Waals surface area contributed by atoms with Gasteiger partial charge in [0.05, 0.1) is 0 Å². The average Bonchev–Trinajstić information content (AvgIpc) is 3.83. The van der Waals surface area contributed by atoms with Crippen molar-refractivity contribution < 1.29 is 51.0 Å². The number of rotatable bonds is 10. The van der Waals surface area contributed by atoms with E-state index in [0.717, 1.165) is 11.4 Å². The van der Waals surface area contributed by atoms with Crippen LogP contribution in [0.4, 0.5) is 0 Å². The fraction of sp³-hybridized carbons (Fsp3) is 0.167. The molecule has 0 aliphatic carbocycles. The molecule has 5 heteroatoms. The molecule has 2 nitrogen and oxygen atoms in total. The van der Waals surface area contributed by atoms with Gasteiger partial charge < -0.3 is 24.8 Å². The Hall–Kier alpha value is -4.14. The summed E-state index contributed by atoms with van der Waals surface area (Å²) in [6, 6.07) is 52.3. The molecule has 0 spiro atoms. The third kappa shape index (κ3) is 10.1. The van der Waals surface area contributed by atoms with E-state index in [-0.39, 0.29) is 51.0 Å². The number of halogens is 2. The first-order valence-electron chi connectivity index (χ1n) is 18.1. The standard InChI is InChI=1S/2C24H22N.2ClH.Zr/c2*1-2-3-7-18-11-13-19(14-12-18)22-9-6-8-20-16-21(17-23(20)22)24-10-4-5-15-25-24;;;/h2*4-6,8-17H,2-3,7H2,1H3;2*1H;/q2*-1;;;+4/p-2. The second-order valence-corrected chi connectivity index (χ2v) is 13.1. The van der Waals surface area contributed by atoms with Crippen LogP contribution in [0.5, 0.6) is 0 Å². The molecule has 0 fully saturated rings. The number of hydrogen-bond acceptors (Lipinski definition) is 2. The molecule has 264 valence electrons. The molecule has 0 N–H and O–H groups in total. The Morgan fingerprint density at radius 1 is 0.472 bits per heavy atom. The maximum Gasteiger partial charge on any atom is 4.00 e. The van der Waals surface area contributed by atoms with Crippen LogP contribution in [0, 0.1) is 0 Å². The van der Waals surface area contributed by atoms with Crippen molar-refractivity contribution in [2.45, 2.75) is 52.4 Å². The van der Waals surface area contributed by atoms with Crippen LogP contribution in [0.3, 0.4) is 0 Å². The van der Waals surface area contributed by atoms with Gasteiger partial charge in [-0.05, 0) is 60.1 Å². The fourth-order valence-corrected chi connectivity index (χ4v) is 6.80. The van der Waals surface area contributed by atoms with Crippen molar-refractivity contribution in [1.82, 2.24) is 9.97 Å². The predicted octanol–water partition coefficient (Wildman–Crippen LogP) is 7.27. The zero-order valence-corrected chi connectivity index (χ0v) is 34.4. The predicted molar refractivity (Wildman–Crippen MR) is 214 cm³/mol. The van der Waals surface area contributed by atoms with E-state index in [9.17, 15) is 0 Å². The normalized spacial score (nSPS) is 10.5. The number of unbranched alkanes of at least 4 members (excludes halogenated alkanes) is 2. The maximum atomic E-state index is 4.49. The summed E-state index contributed by atoms with van der Waals surface area (Å²) in [6.07, 6.45) is 11.0. The number of nitrogens with zero attached hydrogens (tertiary/aromatic N) is 2. The summed E-state index contributed by atoms with van der Waals surface area (Å²) in [6.45, 7) is 4.48. The van der Waals surface area contributed by atoms with Gasteiger partial charge in [-0.25, -0.2) is 0 Å². The van der Waals surface area contributed by atoms with Gasteiger partial charge in [0.25, 0.3) is 0 Å². The average molecular weight is 811 g/mol. The number of benzene rings is 4. The van der Waals surface area contributed by atoms with E-state index in [0.29, 0.717) is 0 Å². The smallest absolute Gasteiger partial charge is 1.00 e. The molecular weight excluding hydrogens is 767 g/mol. The van der Waals surface area contributed by atoms with E-state index in [1.807, 2.05) is 36.7 Å². The molecule has 0 bridgehead atoms. The summed E-state index contributed by atoms with van der Waals surface area (Å²) in [5.74, 6) is 0. The fourth-order valence-electron chi connectivity index (χ4n) is 6.80. The number of fused-ring (bicyclic) bond motifs is 2. The summed E-state index contributed by atoms with van der Waals surface area (Å²) < 4.78 is 0. The van der Waals surface area contributed by atoms with Gasteiger partial charge in [-0.2, -0.15) is 0 Å². The van der Waals surface area contributed by atoms with Crippen LogP contribution in [0.2, 0.25) is 0 Å². The summed E-state index contributed by atoms with van der Waals surface area (Å²) >= 11 is 0. The molecule has 8 rings (SSSR count). The van der Waals surface area contributed by atoms with Gasteiger partial charge in [-0.15, -0.1) is 69.1 Å². The first-order valence-corrected chi connectivity index (χ1v) is 18.1. The molecule has 0 saturated heterocycles. The van der Waals surface area contributed by atoms with Crippen LogP contribution >= 0.6 is 0 Å². The quantitative estimate of drug-likeness (QED) is 0.136. The third-order valence-electron chi connectivity index (χ3n) is 9.59. The van der Waals surface area contributed by atoms with E-state index < -0.39 is 0 Å². The summed E-state index contributed by atoms with van der Waals surface area (Å²) in [5, 5.41) is 5.13. The number of aromatic nitrogens is 2. The van der Waals surface area contributed by atoms with Gasteiger partial charge in [0.2, 0.25) is 0 Å². The molecule has 0 aliphatic rings. The van der Waals surface area contributed by atoms with Crippen LogP contribution in [0.1, 0.15) is 50.7 Å². The van der Waals surface area contributed by atoms with Gasteiger partial charge in [-0.3, -0.25) is 9.97 Å². The van der Waals surface area contributed by atoms with E-state index >= 15 is 0 Å². The van der Waals surface area contributed by atoms with Gasteiger partial charge in [-0.1, -0.05) is 135 Å². The SMILES string of the molecule is CCCCc1ccc(-c2cccc3[cH-]c(-c4ccccn4)cc23)cc1.CCCCc1ccc(-c2cccc3[cH-]c(-c4ccccn4)cc23)cc1.[Cl-].[Cl-].[Zr+4]. The Morgan fingerprint density at radius 2 is 0.887 bits per heavy atom. The van der Waals surface area contributed by atoms with Crippen molar-refractivity contribution in [3.63, 3.8) is 0 Å². The summed E-state index contributed by atoms with van der Waals surface area (Å²) in [5.41, 5.74) is 12.4. The largest absolute Gasteiger partial charge is 4.00 e. The molecule has 2 heterocycles. The van der Waals surface area contributed by atoms with Gasteiger partial charge >= 0.3 is 26.2 Å². The Bertz CT molecular complexity index is 2110. The number of aryl methyl sites for hydroxylation is 2. The van der Waals surface area contributed by atoms with Crippen LogP contribution < -0.4 is 24.8 Å². The van der Waals surface area contributed by atoms with Crippen LogP contribution in [0.25, 0.3) is 66.3 Å². The second kappa shape index (κ2) is 20.4. The minimum atomic E-state index is 0. The molecule has 6 aromatic carbocycles. The molecule has 0 atom stereocenters. The topological polar surface area (TPSA) is 25.8 Å². The van der Waals surface area contributed by atoms with Crippen LogP contribution in [-0.4, -0.2) is 9.97 Å². The zero-order chi connectivity index (χ0) is 34.1. The van der Waals surface area contributed by atoms with E-state index in [4.69, 9.17) is 0 Å². The molecule has 0 unspecified atom stereocenters. The molecular formula is C48H44Cl2N2Zr. The maximum absolute atomic E-state index is 4.49. The van der Waals surface area contributed by atoms with Crippen LogP contribution in [0.15, 0.2) is 158 Å². The van der Waals surface area contributed by atoms with Crippen molar-refractivity contribution in [2.75, 3.05) is 0 Å². The molecule has 0 saturated carbocycles. The van der Waals surface area contributed by atoms with Crippen molar-refractivity contribution in [2.24, 2.45) is 0 Å². The number of hydrogen-bond donors (Lipinski definition) is 0. The van der Waals surface area contributed by atoms with Crippen molar-refractivity contribution >= 4 is 21.5 Å². The molecule has 0 amide bonds. The third-order valence-corrected chi connectivity index (χ3v) is 9.59. The number of pyridine rings is 2. The van der Waals surface area contributed by atoms with E-state index in [1.165, 1.54) is 105 Å². The zero-order valence-electron chi connectivity index (χ0n) is 30.4. The summed E-state index contributed by atoms with van der Waals surface area (Å²) in [4.78, 5) is 8.97. The first-order chi connectivity index (χ1) is 24.7. The van der Waals surface area contributed by atoms with Crippen molar-refractivity contribution in [3.8, 4) is 44.8 Å². The van der Waals surface area contributed by atoms with Gasteiger partial charge in [0.1, 0.15) is 0 Å². The van der Waals surface area contributed by atoms with E-state index in [2.05, 4.69) is 145 Å². The van der Waals surface area contributed by atoms with Crippen LogP contribution in [-0.2, 0) is 39.0 Å². The minimum Gasteiger partial charge on any atom is -1.00 e. The van der Waals surface area contributed by atoms with E-state index in [1.54, 1.807) is 0 Å². The van der Waals surface area contributed by atoms with Gasteiger partial charge in [0, 0.05) is 23.8 Å². The second-order valence-electron chi connectivity index (χ2n) is 13.1. The Kier molecular flexibility index (Phi) is 16.0. The monoisotopic (exact) mass is 808 g/mol. The molecule has 2 aromatic heterocycles. The van der Waals surface area contributed by atoms with Crippen molar-refractivity contribution in [3.05, 3.63) is 169 Å². The first kappa shape index (κ1) is 41.6. The van der Waals surface area contributed by atoms with Crippen molar-refractivity contribution in [1.29, 1.82) is 0 Å². The Morgan fingerprint density at radius 3 is 1.25 bits per heavy atom. The molecule has 0 aliphatic heterocycles. The summed E-state index contributed by atoms with van der Waals surface area (Å²) in [7, 11) is 0.